The van der Waals surface area contributed by atoms with Crippen LogP contribution in [0, 0.1) is 16.0 Å². The van der Waals surface area contributed by atoms with Gasteiger partial charge in [-0.2, -0.15) is 9.97 Å². The lowest BCUT2D eigenvalue weighted by molar-refractivity contribution is -0.384. The minimum Gasteiger partial charge on any atom is -0.394 e. The van der Waals surface area contributed by atoms with E-state index in [1.54, 1.807) is 18.5 Å². The van der Waals surface area contributed by atoms with Crippen LogP contribution >= 0.6 is 0 Å². The summed E-state index contributed by atoms with van der Waals surface area (Å²) < 4.78 is 1.92. The number of non-ortho nitro benzene ring substituents is 1. The van der Waals surface area contributed by atoms with E-state index in [2.05, 4.69) is 25.6 Å². The number of aromatic nitrogens is 4. The number of rotatable bonds is 8. The molecule has 10 nitrogen and oxygen atoms in total. The highest BCUT2D eigenvalue weighted by Gasteiger charge is 2.19. The molecule has 0 spiro atoms. The Bertz CT molecular complexity index is 1020. The minimum atomic E-state index is -0.449. The molecule has 29 heavy (non-hydrogen) atoms. The van der Waals surface area contributed by atoms with Gasteiger partial charge in [0.05, 0.1) is 23.9 Å². The third kappa shape index (κ3) is 4.43. The summed E-state index contributed by atoms with van der Waals surface area (Å²) in [6, 6.07) is 6.10. The second-order valence-electron chi connectivity index (χ2n) is 7.42. The average Bonchev–Trinajstić information content (AvgIpc) is 3.10. The smallest absolute Gasteiger partial charge is 0.271 e. The van der Waals surface area contributed by atoms with Gasteiger partial charge in [-0.1, -0.05) is 19.9 Å². The van der Waals surface area contributed by atoms with Gasteiger partial charge in [-0.25, -0.2) is 4.98 Å². The molecule has 0 amide bonds. The minimum absolute atomic E-state index is 0.0217. The van der Waals surface area contributed by atoms with Crippen LogP contribution in [0.2, 0.25) is 0 Å². The summed E-state index contributed by atoms with van der Waals surface area (Å²) in [4.78, 5) is 24.2. The number of hydrogen-bond donors (Lipinski definition) is 3. The van der Waals surface area contributed by atoms with Crippen LogP contribution in [0.4, 0.5) is 23.1 Å². The van der Waals surface area contributed by atoms with Crippen molar-refractivity contribution >= 4 is 34.3 Å². The number of aliphatic hydroxyl groups is 1. The topological polar surface area (TPSA) is 131 Å². The molecule has 0 fully saturated rings. The number of anilines is 3. The standard InChI is InChI=1S/C19H25N7O3/c1-11(2)15(9-27)22-19-23-17(16-18(24-19)25(10-20-16)12(3)4)21-13-6-5-7-14(8-13)26(28)29/h5-8,10-12,15,27H,9H2,1-4H3,(H2,21,22,23,24)/t15-/m1/s1. The summed E-state index contributed by atoms with van der Waals surface area (Å²) in [7, 11) is 0. The van der Waals surface area contributed by atoms with E-state index in [9.17, 15) is 15.2 Å². The number of nitrogens with one attached hydrogen (secondary N) is 2. The van der Waals surface area contributed by atoms with Gasteiger partial charge in [-0.15, -0.1) is 0 Å². The molecule has 3 aromatic rings. The molecule has 1 aromatic carbocycles. The molecule has 0 aliphatic rings. The number of nitrogens with zero attached hydrogens (tertiary/aromatic N) is 5. The molecule has 3 rings (SSSR count). The van der Waals surface area contributed by atoms with Crippen molar-refractivity contribution in [1.29, 1.82) is 0 Å². The van der Waals surface area contributed by atoms with E-state index in [1.165, 1.54) is 12.1 Å². The number of benzene rings is 1. The van der Waals surface area contributed by atoms with Gasteiger partial charge in [0, 0.05) is 23.9 Å². The van der Waals surface area contributed by atoms with E-state index in [4.69, 9.17) is 0 Å². The Labute approximate surface area is 168 Å². The van der Waals surface area contributed by atoms with Crippen molar-refractivity contribution in [3.05, 3.63) is 40.7 Å². The number of nitro groups is 1. The van der Waals surface area contributed by atoms with E-state index >= 15 is 0 Å². The lowest BCUT2D eigenvalue weighted by Gasteiger charge is -2.20. The number of nitro benzene ring substituents is 1. The molecular formula is C19H25N7O3. The first-order chi connectivity index (χ1) is 13.8. The molecule has 0 saturated heterocycles. The van der Waals surface area contributed by atoms with Crippen LogP contribution in [0.25, 0.3) is 11.2 Å². The van der Waals surface area contributed by atoms with E-state index < -0.39 is 4.92 Å². The average molecular weight is 399 g/mol. The van der Waals surface area contributed by atoms with Gasteiger partial charge in [0.1, 0.15) is 0 Å². The van der Waals surface area contributed by atoms with Crippen molar-refractivity contribution in [3.8, 4) is 0 Å². The van der Waals surface area contributed by atoms with Crippen LogP contribution in [0.15, 0.2) is 30.6 Å². The Morgan fingerprint density at radius 1 is 1.24 bits per heavy atom. The lowest BCUT2D eigenvalue weighted by atomic mass is 10.1. The fourth-order valence-electron chi connectivity index (χ4n) is 2.87. The summed E-state index contributed by atoms with van der Waals surface area (Å²) in [6.45, 7) is 7.97. The maximum Gasteiger partial charge on any atom is 0.271 e. The van der Waals surface area contributed by atoms with Crippen LogP contribution < -0.4 is 10.6 Å². The van der Waals surface area contributed by atoms with Crippen molar-refractivity contribution < 1.29 is 10.0 Å². The number of aliphatic hydroxyl groups excluding tert-OH is 1. The first-order valence-corrected chi connectivity index (χ1v) is 9.43. The molecule has 0 bridgehead atoms. The maximum atomic E-state index is 11.1. The molecule has 154 valence electrons. The highest BCUT2D eigenvalue weighted by atomic mass is 16.6. The van der Waals surface area contributed by atoms with E-state index in [-0.39, 0.29) is 30.3 Å². The third-order valence-corrected chi connectivity index (χ3v) is 4.61. The van der Waals surface area contributed by atoms with Crippen LogP contribution in [0.3, 0.4) is 0 Å². The molecule has 0 radical (unpaired) electrons. The first-order valence-electron chi connectivity index (χ1n) is 9.43. The summed E-state index contributed by atoms with van der Waals surface area (Å²) in [5.74, 6) is 0.945. The van der Waals surface area contributed by atoms with E-state index in [0.29, 0.717) is 28.6 Å². The normalized spacial score (nSPS) is 12.5. The molecule has 3 N–H and O–H groups in total. The maximum absolute atomic E-state index is 11.1. The fraction of sp³-hybridized carbons (Fsp3) is 0.421. The van der Waals surface area contributed by atoms with Crippen molar-refractivity contribution in [3.63, 3.8) is 0 Å². The fourth-order valence-corrected chi connectivity index (χ4v) is 2.87. The molecular weight excluding hydrogens is 374 g/mol. The summed E-state index contributed by atoms with van der Waals surface area (Å²) in [5, 5.41) is 27.0. The second-order valence-corrected chi connectivity index (χ2v) is 7.42. The monoisotopic (exact) mass is 399 g/mol. The molecule has 2 heterocycles. The number of imidazole rings is 1. The zero-order valence-corrected chi connectivity index (χ0v) is 16.8. The summed E-state index contributed by atoms with van der Waals surface area (Å²) in [6.07, 6.45) is 1.69. The highest BCUT2D eigenvalue weighted by Crippen LogP contribution is 2.28. The zero-order valence-electron chi connectivity index (χ0n) is 16.8. The van der Waals surface area contributed by atoms with Crippen molar-refractivity contribution in [2.75, 3.05) is 17.2 Å². The second kappa shape index (κ2) is 8.39. The Morgan fingerprint density at radius 2 is 2.00 bits per heavy atom. The van der Waals surface area contributed by atoms with Crippen molar-refractivity contribution in [2.24, 2.45) is 5.92 Å². The number of hydrogen-bond acceptors (Lipinski definition) is 8. The van der Waals surface area contributed by atoms with Crippen LogP contribution in [0.5, 0.6) is 0 Å². The molecule has 0 saturated carbocycles. The Morgan fingerprint density at radius 3 is 2.62 bits per heavy atom. The molecule has 2 aromatic heterocycles. The van der Waals surface area contributed by atoms with Crippen LogP contribution in [0.1, 0.15) is 33.7 Å². The van der Waals surface area contributed by atoms with Gasteiger partial charge in [0.2, 0.25) is 5.95 Å². The molecule has 10 heteroatoms. The van der Waals surface area contributed by atoms with Crippen molar-refractivity contribution in [2.45, 2.75) is 39.8 Å². The third-order valence-electron chi connectivity index (χ3n) is 4.61. The van der Waals surface area contributed by atoms with Gasteiger partial charge < -0.3 is 20.3 Å². The van der Waals surface area contributed by atoms with Gasteiger partial charge in [-0.3, -0.25) is 10.1 Å². The SMILES string of the molecule is CC(C)[C@@H](CO)Nc1nc(Nc2cccc([N+](=O)[O-])c2)c2ncn(C(C)C)c2n1. The van der Waals surface area contributed by atoms with Crippen LogP contribution in [-0.2, 0) is 0 Å². The molecule has 0 aliphatic heterocycles. The lowest BCUT2D eigenvalue weighted by Crippen LogP contribution is -2.30. The molecule has 0 unspecified atom stereocenters. The quantitative estimate of drug-likeness (QED) is 0.387. The van der Waals surface area contributed by atoms with Gasteiger partial charge in [0.15, 0.2) is 17.0 Å². The molecule has 0 aliphatic carbocycles. The highest BCUT2D eigenvalue weighted by molar-refractivity contribution is 5.86. The molecule has 1 atom stereocenters. The zero-order chi connectivity index (χ0) is 21.1. The largest absolute Gasteiger partial charge is 0.394 e. The van der Waals surface area contributed by atoms with E-state index in [1.807, 2.05) is 32.3 Å². The summed E-state index contributed by atoms with van der Waals surface area (Å²) in [5.41, 5.74) is 1.69. The number of fused-ring (bicyclic) bond motifs is 1. The predicted molar refractivity (Wildman–Crippen MR) is 111 cm³/mol. The summed E-state index contributed by atoms with van der Waals surface area (Å²) >= 11 is 0. The first kappa shape index (κ1) is 20.5. The Hall–Kier alpha value is -3.27. The van der Waals surface area contributed by atoms with Gasteiger partial charge >= 0.3 is 0 Å². The van der Waals surface area contributed by atoms with Crippen molar-refractivity contribution in [1.82, 2.24) is 19.5 Å². The van der Waals surface area contributed by atoms with Crippen LogP contribution in [-0.4, -0.2) is 42.2 Å². The van der Waals surface area contributed by atoms with Gasteiger partial charge in [0.25, 0.3) is 5.69 Å². The Kier molecular flexibility index (Phi) is 5.92. The Balaban J connectivity index is 2.07. The van der Waals surface area contributed by atoms with Gasteiger partial charge in [-0.05, 0) is 25.8 Å². The van der Waals surface area contributed by atoms with E-state index in [0.717, 1.165) is 0 Å². The predicted octanol–water partition coefficient (Wildman–Crippen LogP) is 3.49.